The van der Waals surface area contributed by atoms with Crippen LogP contribution in [-0.4, -0.2) is 17.5 Å². The minimum absolute atomic E-state index is 0.236. The number of ether oxygens (including phenoxy) is 1. The van der Waals surface area contributed by atoms with E-state index in [4.69, 9.17) is 16.3 Å². The first kappa shape index (κ1) is 20.1. The highest BCUT2D eigenvalue weighted by Gasteiger charge is 2.07. The van der Waals surface area contributed by atoms with Crippen LogP contribution in [0.25, 0.3) is 17.3 Å². The fourth-order valence-corrected chi connectivity index (χ4v) is 3.32. The molecular weight excluding hydrogens is 392 g/mol. The number of carbonyl (C=O) groups excluding carboxylic acids is 1. The molecule has 0 aliphatic carbocycles. The van der Waals surface area contributed by atoms with E-state index in [0.717, 1.165) is 35.4 Å². The van der Waals surface area contributed by atoms with Gasteiger partial charge in [0.2, 0.25) is 5.91 Å². The molecule has 0 saturated carbocycles. The quantitative estimate of drug-likeness (QED) is 0.349. The molecule has 28 heavy (non-hydrogen) atoms. The Bertz CT molecular complexity index is 951. The second kappa shape index (κ2) is 10.1. The molecule has 1 heterocycles. The van der Waals surface area contributed by atoms with Gasteiger partial charge in [-0.15, -0.1) is 11.3 Å². The molecule has 0 aliphatic rings. The first-order chi connectivity index (χ1) is 13.7. The number of nitrogens with zero attached hydrogens (tertiary/aromatic N) is 1. The fourth-order valence-electron chi connectivity index (χ4n) is 2.47. The first-order valence-electron chi connectivity index (χ1n) is 9.08. The number of thiazole rings is 1. The summed E-state index contributed by atoms with van der Waals surface area (Å²) in [5, 5.41) is 5.93. The van der Waals surface area contributed by atoms with Gasteiger partial charge in [0.25, 0.3) is 0 Å². The van der Waals surface area contributed by atoms with Crippen LogP contribution in [0.2, 0.25) is 5.02 Å². The summed E-state index contributed by atoms with van der Waals surface area (Å²) in [7, 11) is 0. The standard InChI is InChI=1S/C22H21ClN2O2S/c1-2-3-14-27-20-7-5-4-6-17(20)10-13-21(26)25-22-24-19(15-28-22)16-8-11-18(23)12-9-16/h4-13,15H,2-3,14H2,1H3,(H,24,25,26). The van der Waals surface area contributed by atoms with Crippen LogP contribution in [0.4, 0.5) is 5.13 Å². The fraction of sp³-hybridized carbons (Fsp3) is 0.182. The Morgan fingerprint density at radius 3 is 2.79 bits per heavy atom. The number of hydrogen-bond donors (Lipinski definition) is 1. The lowest BCUT2D eigenvalue weighted by Crippen LogP contribution is -2.07. The molecule has 4 nitrogen and oxygen atoms in total. The number of aromatic nitrogens is 1. The number of amides is 1. The van der Waals surface area contributed by atoms with Crippen molar-refractivity contribution in [3.8, 4) is 17.0 Å². The van der Waals surface area contributed by atoms with Gasteiger partial charge in [-0.2, -0.15) is 0 Å². The van der Waals surface area contributed by atoms with E-state index < -0.39 is 0 Å². The van der Waals surface area contributed by atoms with Gasteiger partial charge < -0.3 is 4.74 Å². The summed E-state index contributed by atoms with van der Waals surface area (Å²) in [6.45, 7) is 2.79. The lowest BCUT2D eigenvalue weighted by molar-refractivity contribution is -0.111. The number of benzene rings is 2. The molecule has 3 aromatic rings. The largest absolute Gasteiger partial charge is 0.493 e. The summed E-state index contributed by atoms with van der Waals surface area (Å²) in [6.07, 6.45) is 5.32. The highest BCUT2D eigenvalue weighted by Crippen LogP contribution is 2.26. The third-order valence-electron chi connectivity index (χ3n) is 3.96. The third-order valence-corrected chi connectivity index (χ3v) is 4.97. The number of rotatable bonds is 8. The second-order valence-corrected chi connectivity index (χ2v) is 7.40. The van der Waals surface area contributed by atoms with Crippen molar-refractivity contribution in [1.29, 1.82) is 0 Å². The van der Waals surface area contributed by atoms with Gasteiger partial charge in [-0.3, -0.25) is 10.1 Å². The Balaban J connectivity index is 1.62. The van der Waals surface area contributed by atoms with Crippen molar-refractivity contribution < 1.29 is 9.53 Å². The topological polar surface area (TPSA) is 51.2 Å². The Kier molecular flexibility index (Phi) is 7.23. The molecule has 0 bridgehead atoms. The Hall–Kier alpha value is -2.63. The molecule has 6 heteroatoms. The van der Waals surface area contributed by atoms with E-state index >= 15 is 0 Å². The number of carbonyl (C=O) groups is 1. The number of hydrogen-bond acceptors (Lipinski definition) is 4. The first-order valence-corrected chi connectivity index (χ1v) is 10.3. The number of para-hydroxylation sites is 1. The SMILES string of the molecule is CCCCOc1ccccc1C=CC(=O)Nc1nc(-c2ccc(Cl)cc2)cs1. The molecule has 0 radical (unpaired) electrons. The summed E-state index contributed by atoms with van der Waals surface area (Å²) < 4.78 is 5.79. The van der Waals surface area contributed by atoms with Crippen molar-refractivity contribution >= 4 is 40.1 Å². The van der Waals surface area contributed by atoms with Crippen LogP contribution < -0.4 is 10.1 Å². The number of anilines is 1. The van der Waals surface area contributed by atoms with Gasteiger partial charge in [0.15, 0.2) is 5.13 Å². The van der Waals surface area contributed by atoms with E-state index in [1.165, 1.54) is 17.4 Å². The lowest BCUT2D eigenvalue weighted by Gasteiger charge is -2.08. The average molecular weight is 413 g/mol. The van der Waals surface area contributed by atoms with Gasteiger partial charge >= 0.3 is 0 Å². The van der Waals surface area contributed by atoms with E-state index in [1.54, 1.807) is 6.08 Å². The maximum atomic E-state index is 12.3. The Morgan fingerprint density at radius 1 is 1.21 bits per heavy atom. The van der Waals surface area contributed by atoms with E-state index in [1.807, 2.05) is 53.9 Å². The average Bonchev–Trinajstić information content (AvgIpc) is 3.16. The highest BCUT2D eigenvalue weighted by atomic mass is 35.5. The van der Waals surface area contributed by atoms with Gasteiger partial charge in [-0.1, -0.05) is 55.3 Å². The lowest BCUT2D eigenvalue weighted by atomic mass is 10.2. The summed E-state index contributed by atoms with van der Waals surface area (Å²) in [5.74, 6) is 0.541. The molecule has 1 aromatic heterocycles. The van der Waals surface area contributed by atoms with E-state index in [9.17, 15) is 4.79 Å². The highest BCUT2D eigenvalue weighted by molar-refractivity contribution is 7.14. The van der Waals surface area contributed by atoms with Gasteiger partial charge in [-0.05, 0) is 30.7 Å². The predicted octanol–water partition coefficient (Wildman–Crippen LogP) is 6.29. The smallest absolute Gasteiger partial charge is 0.250 e. The number of nitrogens with one attached hydrogen (secondary N) is 1. The summed E-state index contributed by atoms with van der Waals surface area (Å²) in [6, 6.07) is 15.1. The molecule has 0 spiro atoms. The van der Waals surface area contributed by atoms with Crippen molar-refractivity contribution in [2.24, 2.45) is 0 Å². The molecule has 1 amide bonds. The van der Waals surface area contributed by atoms with Crippen LogP contribution in [0.5, 0.6) is 5.75 Å². The Labute approximate surface area is 173 Å². The van der Waals surface area contributed by atoms with Crippen molar-refractivity contribution in [1.82, 2.24) is 4.98 Å². The zero-order chi connectivity index (χ0) is 19.8. The molecule has 0 fully saturated rings. The van der Waals surface area contributed by atoms with E-state index in [-0.39, 0.29) is 5.91 Å². The number of unbranched alkanes of at least 4 members (excludes halogenated alkanes) is 1. The molecule has 0 unspecified atom stereocenters. The number of halogens is 1. The van der Waals surface area contributed by atoms with Crippen LogP contribution >= 0.6 is 22.9 Å². The zero-order valence-corrected chi connectivity index (χ0v) is 17.1. The van der Waals surface area contributed by atoms with Gasteiger partial charge in [0.1, 0.15) is 5.75 Å². The van der Waals surface area contributed by atoms with Gasteiger partial charge in [-0.25, -0.2) is 4.98 Å². The maximum absolute atomic E-state index is 12.3. The predicted molar refractivity (Wildman–Crippen MR) is 117 cm³/mol. The Morgan fingerprint density at radius 2 is 2.00 bits per heavy atom. The molecule has 0 saturated heterocycles. The molecule has 0 atom stereocenters. The van der Waals surface area contributed by atoms with Crippen LogP contribution in [-0.2, 0) is 4.79 Å². The molecule has 3 rings (SSSR count). The van der Waals surface area contributed by atoms with Crippen molar-refractivity contribution in [2.75, 3.05) is 11.9 Å². The third kappa shape index (κ3) is 5.68. The van der Waals surface area contributed by atoms with Gasteiger partial charge in [0, 0.05) is 27.6 Å². The van der Waals surface area contributed by atoms with Crippen LogP contribution in [0.1, 0.15) is 25.3 Å². The summed E-state index contributed by atoms with van der Waals surface area (Å²) in [5.41, 5.74) is 2.63. The van der Waals surface area contributed by atoms with E-state index in [0.29, 0.717) is 16.8 Å². The minimum atomic E-state index is -0.236. The van der Waals surface area contributed by atoms with Crippen LogP contribution in [0.15, 0.2) is 60.0 Å². The van der Waals surface area contributed by atoms with Crippen molar-refractivity contribution in [2.45, 2.75) is 19.8 Å². The van der Waals surface area contributed by atoms with Crippen LogP contribution in [0, 0.1) is 0 Å². The van der Waals surface area contributed by atoms with Crippen LogP contribution in [0.3, 0.4) is 0 Å². The molecule has 1 N–H and O–H groups in total. The summed E-state index contributed by atoms with van der Waals surface area (Å²) in [4.78, 5) is 16.7. The van der Waals surface area contributed by atoms with Crippen molar-refractivity contribution in [3.63, 3.8) is 0 Å². The normalized spacial score (nSPS) is 10.9. The molecule has 144 valence electrons. The van der Waals surface area contributed by atoms with Crippen molar-refractivity contribution in [3.05, 3.63) is 70.6 Å². The summed E-state index contributed by atoms with van der Waals surface area (Å²) >= 11 is 7.29. The molecular formula is C22H21ClN2O2S. The van der Waals surface area contributed by atoms with Gasteiger partial charge in [0.05, 0.1) is 12.3 Å². The molecule has 2 aromatic carbocycles. The second-order valence-electron chi connectivity index (χ2n) is 6.11. The van der Waals surface area contributed by atoms with E-state index in [2.05, 4.69) is 17.2 Å². The monoisotopic (exact) mass is 412 g/mol. The minimum Gasteiger partial charge on any atom is -0.493 e. The maximum Gasteiger partial charge on any atom is 0.250 e. The molecule has 0 aliphatic heterocycles. The zero-order valence-electron chi connectivity index (χ0n) is 15.5.